The Bertz CT molecular complexity index is 1620. The van der Waals surface area contributed by atoms with Crippen molar-refractivity contribution in [2.45, 2.75) is 4.90 Å². The van der Waals surface area contributed by atoms with Crippen LogP contribution in [0.1, 0.15) is 10.5 Å². The molecule has 0 spiro atoms. The molecule has 1 saturated heterocycles. The number of anilines is 1. The van der Waals surface area contributed by atoms with Crippen LogP contribution in [0.4, 0.5) is 5.69 Å². The quantitative estimate of drug-likeness (QED) is 0.331. The van der Waals surface area contributed by atoms with E-state index in [4.69, 9.17) is 27.9 Å². The highest BCUT2D eigenvalue weighted by Crippen LogP contribution is 2.30. The van der Waals surface area contributed by atoms with Gasteiger partial charge in [-0.1, -0.05) is 23.2 Å². The fourth-order valence-electron chi connectivity index (χ4n) is 4.28. The van der Waals surface area contributed by atoms with Crippen LogP contribution in [-0.2, 0) is 17.1 Å². The maximum Gasteiger partial charge on any atom is 0.270 e. The van der Waals surface area contributed by atoms with Crippen LogP contribution in [0, 0.1) is 0 Å². The summed E-state index contributed by atoms with van der Waals surface area (Å²) in [6, 6.07) is 14.8. The normalized spacial score (nSPS) is 13.7. The van der Waals surface area contributed by atoms with Crippen molar-refractivity contribution < 1.29 is 17.9 Å². The van der Waals surface area contributed by atoms with Gasteiger partial charge in [-0.2, -0.15) is 0 Å². The summed E-state index contributed by atoms with van der Waals surface area (Å²) in [5.41, 5.74) is 1.81. The summed E-state index contributed by atoms with van der Waals surface area (Å²) in [5, 5.41) is 4.60. The number of carbonyl (C=O) groups excluding carboxylic acids is 1. The van der Waals surface area contributed by atoms with Gasteiger partial charge in [-0.15, -0.1) is 12.4 Å². The topological polar surface area (TPSA) is 96.8 Å². The van der Waals surface area contributed by atoms with E-state index < -0.39 is 10.0 Å². The molecule has 0 unspecified atom stereocenters. The molecule has 1 N–H and O–H groups in total. The predicted octanol–water partition coefficient (Wildman–Crippen LogP) is 4.96. The number of halogens is 3. The van der Waals surface area contributed by atoms with Crippen LogP contribution < -0.4 is 14.4 Å². The fourth-order valence-corrected chi connectivity index (χ4v) is 5.85. The fraction of sp³-hybridized carbons (Fsp3) is 0.231. The first kappa shape index (κ1) is 29.0. The van der Waals surface area contributed by atoms with Gasteiger partial charge in [0.1, 0.15) is 11.4 Å². The molecule has 1 aliphatic heterocycles. The number of aromatic nitrogens is 2. The van der Waals surface area contributed by atoms with Gasteiger partial charge in [0.05, 0.1) is 32.3 Å². The smallest absolute Gasteiger partial charge is 0.270 e. The molecule has 0 atom stereocenters. The lowest BCUT2D eigenvalue weighted by Gasteiger charge is -2.27. The van der Waals surface area contributed by atoms with Gasteiger partial charge in [-0.05, 0) is 42.5 Å². The lowest BCUT2D eigenvalue weighted by molar-refractivity contribution is 0.0726. The average Bonchev–Trinajstić information content (AvgIpc) is 3.25. The molecule has 39 heavy (non-hydrogen) atoms. The largest absolute Gasteiger partial charge is 0.439 e. The van der Waals surface area contributed by atoms with Gasteiger partial charge >= 0.3 is 0 Å². The number of fused-ring (bicyclic) bond motifs is 1. The van der Waals surface area contributed by atoms with Gasteiger partial charge < -0.3 is 19.5 Å². The van der Waals surface area contributed by atoms with E-state index in [-0.39, 0.29) is 33.3 Å². The number of benzene rings is 2. The summed E-state index contributed by atoms with van der Waals surface area (Å²) in [6.07, 6.45) is 1.41. The van der Waals surface area contributed by atoms with Gasteiger partial charge in [-0.25, -0.2) is 13.4 Å². The number of piperazine rings is 1. The Hall–Kier alpha value is -3.02. The van der Waals surface area contributed by atoms with E-state index in [1.165, 1.54) is 31.4 Å². The molecule has 1 amide bonds. The first-order chi connectivity index (χ1) is 18.1. The molecule has 5 rings (SSSR count). The highest BCUT2D eigenvalue weighted by molar-refractivity contribution is 7.92. The maximum atomic E-state index is 13.0. The van der Waals surface area contributed by atoms with Crippen molar-refractivity contribution in [1.82, 2.24) is 19.8 Å². The molecule has 2 aromatic heterocycles. The van der Waals surface area contributed by atoms with Crippen LogP contribution >= 0.6 is 35.6 Å². The van der Waals surface area contributed by atoms with Crippen molar-refractivity contribution in [1.29, 1.82) is 0 Å². The lowest BCUT2D eigenvalue weighted by atomic mass is 10.2. The zero-order chi connectivity index (χ0) is 27.0. The third kappa shape index (κ3) is 5.80. The summed E-state index contributed by atoms with van der Waals surface area (Å²) < 4.78 is 34.9. The van der Waals surface area contributed by atoms with E-state index in [9.17, 15) is 13.2 Å². The van der Waals surface area contributed by atoms with Crippen molar-refractivity contribution in [3.8, 4) is 11.6 Å². The molecule has 206 valence electrons. The average molecular weight is 611 g/mol. The van der Waals surface area contributed by atoms with Crippen LogP contribution in [-0.4, -0.2) is 62.0 Å². The Morgan fingerprint density at radius 1 is 1.03 bits per heavy atom. The SMILES string of the molecule is CN(c1ccc(Oc2ccc3cc(C(=O)N4CCNCC4)n(C)c3c2)nc1)S(=O)(=O)c1ccc(Cl)c(Cl)c1.Cl. The number of nitrogens with one attached hydrogen (secondary N) is 1. The van der Waals surface area contributed by atoms with Crippen LogP contribution in [0.5, 0.6) is 11.6 Å². The van der Waals surface area contributed by atoms with Gasteiger partial charge in [-0.3, -0.25) is 9.10 Å². The van der Waals surface area contributed by atoms with Crippen molar-refractivity contribution in [2.24, 2.45) is 7.05 Å². The second-order valence-corrected chi connectivity index (χ2v) is 11.6. The molecule has 2 aromatic carbocycles. The lowest BCUT2D eigenvalue weighted by Crippen LogP contribution is -2.46. The number of rotatable bonds is 6. The third-order valence-electron chi connectivity index (χ3n) is 6.50. The van der Waals surface area contributed by atoms with E-state index in [1.807, 2.05) is 34.7 Å². The number of hydrogen-bond donors (Lipinski definition) is 1. The van der Waals surface area contributed by atoms with Crippen molar-refractivity contribution in [3.63, 3.8) is 0 Å². The molecular weight excluding hydrogens is 585 g/mol. The van der Waals surface area contributed by atoms with Crippen LogP contribution in [0.25, 0.3) is 10.9 Å². The predicted molar refractivity (Wildman–Crippen MR) is 155 cm³/mol. The van der Waals surface area contributed by atoms with E-state index >= 15 is 0 Å². The number of ether oxygens (including phenoxy) is 1. The zero-order valence-corrected chi connectivity index (χ0v) is 24.2. The van der Waals surface area contributed by atoms with E-state index in [1.54, 1.807) is 18.2 Å². The molecule has 0 radical (unpaired) electrons. The summed E-state index contributed by atoms with van der Waals surface area (Å²) in [6.45, 7) is 2.94. The Balaban J connectivity index is 0.00000353. The first-order valence-corrected chi connectivity index (χ1v) is 14.0. The van der Waals surface area contributed by atoms with Gasteiger partial charge in [0.2, 0.25) is 5.88 Å². The zero-order valence-electron chi connectivity index (χ0n) is 21.1. The monoisotopic (exact) mass is 609 g/mol. The third-order valence-corrected chi connectivity index (χ3v) is 9.02. The number of nitrogens with zero attached hydrogens (tertiary/aromatic N) is 4. The minimum atomic E-state index is -3.87. The minimum Gasteiger partial charge on any atom is -0.439 e. The Morgan fingerprint density at radius 3 is 2.44 bits per heavy atom. The molecule has 13 heteroatoms. The second-order valence-electron chi connectivity index (χ2n) is 8.86. The van der Waals surface area contributed by atoms with Crippen LogP contribution in [0.3, 0.4) is 0 Å². The molecule has 0 saturated carbocycles. The summed E-state index contributed by atoms with van der Waals surface area (Å²) >= 11 is 11.9. The van der Waals surface area contributed by atoms with Gasteiger partial charge in [0.25, 0.3) is 15.9 Å². The van der Waals surface area contributed by atoms with E-state index in [0.717, 1.165) is 28.3 Å². The number of carbonyl (C=O) groups is 1. The number of amides is 1. The molecular formula is C26H26Cl3N5O4S. The Labute approximate surface area is 242 Å². The highest BCUT2D eigenvalue weighted by Gasteiger charge is 2.23. The van der Waals surface area contributed by atoms with Crippen molar-refractivity contribution in [2.75, 3.05) is 37.5 Å². The number of pyridine rings is 1. The number of hydrogen-bond acceptors (Lipinski definition) is 6. The number of aryl methyl sites for hydroxylation is 1. The molecule has 0 aliphatic carbocycles. The molecule has 1 aliphatic rings. The molecule has 1 fully saturated rings. The molecule has 4 aromatic rings. The van der Waals surface area contributed by atoms with Crippen molar-refractivity contribution >= 4 is 68.1 Å². The minimum absolute atomic E-state index is 0. The molecule has 3 heterocycles. The first-order valence-electron chi connectivity index (χ1n) is 11.8. The van der Waals surface area contributed by atoms with E-state index in [2.05, 4.69) is 10.3 Å². The molecule has 0 bridgehead atoms. The molecule has 9 nitrogen and oxygen atoms in total. The van der Waals surface area contributed by atoms with Gasteiger partial charge in [0, 0.05) is 57.8 Å². The maximum absolute atomic E-state index is 13.0. The van der Waals surface area contributed by atoms with E-state index in [0.29, 0.717) is 36.1 Å². The highest BCUT2D eigenvalue weighted by atomic mass is 35.5. The van der Waals surface area contributed by atoms with Gasteiger partial charge in [0.15, 0.2) is 0 Å². The summed E-state index contributed by atoms with van der Waals surface area (Å²) in [4.78, 5) is 19.2. The second kappa shape index (κ2) is 11.6. The summed E-state index contributed by atoms with van der Waals surface area (Å²) in [7, 11) is -0.585. The van der Waals surface area contributed by atoms with Crippen molar-refractivity contribution in [3.05, 3.63) is 76.5 Å². The van der Waals surface area contributed by atoms with Crippen LogP contribution in [0.2, 0.25) is 10.0 Å². The standard InChI is InChI=1S/C26H25Cl2N5O4S.ClH/c1-31-23-14-19(5-3-17(23)13-24(31)26(34)33-11-9-29-10-12-33)37-25-8-4-18(16-30-25)32(2)38(35,36)20-6-7-21(27)22(28)15-20;/h3-8,13-16,29H,9-12H2,1-2H3;1H. The Kier molecular flexibility index (Phi) is 8.63. The number of sulfonamides is 1. The van der Waals surface area contributed by atoms with Crippen LogP contribution in [0.15, 0.2) is 65.7 Å². The Morgan fingerprint density at radius 2 is 1.77 bits per heavy atom. The summed E-state index contributed by atoms with van der Waals surface area (Å²) in [5.74, 6) is 0.835.